The fraction of sp³-hybridized carbons (Fsp3) is 0.611. The van der Waals surface area contributed by atoms with Crippen molar-refractivity contribution in [2.24, 2.45) is 34.2 Å². The van der Waals surface area contributed by atoms with E-state index in [-0.39, 0.29) is 5.60 Å². The Labute approximate surface area is 136 Å². The number of fused-ring (bicyclic) bond motifs is 1. The Hall–Kier alpha value is -1.59. The van der Waals surface area contributed by atoms with E-state index in [1.54, 1.807) is 0 Å². The zero-order valence-electron chi connectivity index (χ0n) is 13.3. The number of anilines is 1. The second-order valence-corrected chi connectivity index (χ2v) is 8.07. The van der Waals surface area contributed by atoms with Gasteiger partial charge >= 0.3 is 0 Å². The minimum Gasteiger partial charge on any atom is -0.383 e. The zero-order valence-corrected chi connectivity index (χ0v) is 13.3. The van der Waals surface area contributed by atoms with Crippen LogP contribution in [0.3, 0.4) is 0 Å². The molecule has 1 atom stereocenters. The average molecular weight is 312 g/mol. The average Bonchev–Trinajstić information content (AvgIpc) is 2.44. The SMILES string of the molecule is NC1=NC(N)(OC23CC4CC(CC(C4)C2)C3)Nc2ccccc21. The van der Waals surface area contributed by atoms with E-state index < -0.39 is 5.97 Å². The van der Waals surface area contributed by atoms with Crippen LogP contribution < -0.4 is 16.8 Å². The third-order valence-corrected chi connectivity index (χ3v) is 6.16. The van der Waals surface area contributed by atoms with Gasteiger partial charge < -0.3 is 15.8 Å². The first-order valence-corrected chi connectivity index (χ1v) is 8.75. The van der Waals surface area contributed by atoms with Crippen LogP contribution in [0.2, 0.25) is 0 Å². The standard InChI is InChI=1S/C18H24N4O/c19-16-14-3-1-2-4-15(14)21-18(20,22-16)23-17-8-11-5-12(9-17)7-13(6-11)10-17/h1-4,11-13,21H,5-10,20H2,(H2,19,22). The molecule has 5 N–H and O–H groups in total. The highest BCUT2D eigenvalue weighted by molar-refractivity contribution is 6.04. The number of hydrogen-bond acceptors (Lipinski definition) is 5. The Balaban J connectivity index is 1.46. The first-order valence-electron chi connectivity index (χ1n) is 8.75. The van der Waals surface area contributed by atoms with Gasteiger partial charge in [-0.1, -0.05) is 12.1 Å². The highest BCUT2D eigenvalue weighted by Gasteiger charge is 2.54. The lowest BCUT2D eigenvalue weighted by Gasteiger charge is -2.57. The topological polar surface area (TPSA) is 85.7 Å². The third kappa shape index (κ3) is 2.17. The van der Waals surface area contributed by atoms with E-state index in [1.807, 2.05) is 24.3 Å². The van der Waals surface area contributed by atoms with Gasteiger partial charge in [0.2, 0.25) is 0 Å². The van der Waals surface area contributed by atoms with Crippen LogP contribution >= 0.6 is 0 Å². The molecule has 1 aromatic carbocycles. The molecule has 0 amide bonds. The number of benzene rings is 1. The van der Waals surface area contributed by atoms with Crippen molar-refractivity contribution in [2.45, 2.75) is 50.1 Å². The monoisotopic (exact) mass is 312 g/mol. The summed E-state index contributed by atoms with van der Waals surface area (Å²) in [5.74, 6) is 1.63. The van der Waals surface area contributed by atoms with Crippen LogP contribution in [0, 0.1) is 17.8 Å². The number of amidine groups is 1. The molecule has 0 aromatic heterocycles. The molecule has 4 saturated carbocycles. The van der Waals surface area contributed by atoms with Crippen molar-refractivity contribution in [3.05, 3.63) is 29.8 Å². The molecule has 5 nitrogen and oxygen atoms in total. The number of rotatable bonds is 2. The minimum absolute atomic E-state index is 0.118. The van der Waals surface area contributed by atoms with E-state index >= 15 is 0 Å². The van der Waals surface area contributed by atoms with Crippen LogP contribution in [-0.2, 0) is 4.74 Å². The van der Waals surface area contributed by atoms with Gasteiger partial charge in [-0.05, 0) is 68.4 Å². The summed E-state index contributed by atoms with van der Waals surface area (Å²) in [5, 5.41) is 3.27. The quantitative estimate of drug-likeness (QED) is 0.732. The van der Waals surface area contributed by atoms with Crippen LogP contribution in [0.1, 0.15) is 44.1 Å². The lowest BCUT2D eigenvalue weighted by Crippen LogP contribution is -2.61. The lowest BCUT2D eigenvalue weighted by atomic mass is 9.54. The molecule has 4 fully saturated rings. The Morgan fingerprint density at radius 1 is 1.04 bits per heavy atom. The van der Waals surface area contributed by atoms with E-state index in [0.717, 1.165) is 48.3 Å². The molecule has 4 bridgehead atoms. The zero-order chi connectivity index (χ0) is 15.7. The second kappa shape index (κ2) is 4.48. The van der Waals surface area contributed by atoms with Gasteiger partial charge in [0.1, 0.15) is 5.84 Å². The molecule has 23 heavy (non-hydrogen) atoms. The molecule has 4 aliphatic carbocycles. The molecule has 1 aromatic rings. The van der Waals surface area contributed by atoms with Gasteiger partial charge in [0, 0.05) is 11.3 Å². The Kier molecular flexibility index (Phi) is 2.69. The first kappa shape index (κ1) is 13.8. The number of aliphatic imine (C=N–C) groups is 1. The maximum atomic E-state index is 6.51. The van der Waals surface area contributed by atoms with Crippen LogP contribution in [0.4, 0.5) is 5.69 Å². The minimum atomic E-state index is -1.25. The summed E-state index contributed by atoms with van der Waals surface area (Å²) in [5.41, 5.74) is 14.3. The number of nitrogens with two attached hydrogens (primary N) is 2. The van der Waals surface area contributed by atoms with Gasteiger partial charge in [0.25, 0.3) is 5.97 Å². The van der Waals surface area contributed by atoms with Crippen LogP contribution in [0.15, 0.2) is 29.3 Å². The van der Waals surface area contributed by atoms with Crippen LogP contribution in [0.25, 0.3) is 0 Å². The van der Waals surface area contributed by atoms with Gasteiger partial charge in [-0.25, -0.2) is 0 Å². The summed E-state index contributed by atoms with van der Waals surface area (Å²) in [6.07, 6.45) is 7.50. The summed E-state index contributed by atoms with van der Waals surface area (Å²) in [6, 6.07) is 7.84. The van der Waals surface area contributed by atoms with Crippen molar-refractivity contribution >= 4 is 11.5 Å². The van der Waals surface area contributed by atoms with Gasteiger partial charge in [-0.15, -0.1) is 0 Å². The van der Waals surface area contributed by atoms with Crippen molar-refractivity contribution in [1.29, 1.82) is 0 Å². The Bertz CT molecular complexity index is 650. The number of nitrogens with one attached hydrogen (secondary N) is 1. The third-order valence-electron chi connectivity index (χ3n) is 6.16. The predicted octanol–water partition coefficient (Wildman–Crippen LogP) is 2.37. The summed E-state index contributed by atoms with van der Waals surface area (Å²) in [7, 11) is 0. The molecule has 1 heterocycles. The fourth-order valence-electron chi connectivity index (χ4n) is 5.81. The second-order valence-electron chi connectivity index (χ2n) is 8.07. The predicted molar refractivity (Wildman–Crippen MR) is 89.7 cm³/mol. The molecule has 6 rings (SSSR count). The Morgan fingerprint density at radius 2 is 1.65 bits per heavy atom. The molecule has 5 heteroatoms. The summed E-state index contributed by atoms with van der Waals surface area (Å²) in [6.45, 7) is 0. The Morgan fingerprint density at radius 3 is 2.30 bits per heavy atom. The summed E-state index contributed by atoms with van der Waals surface area (Å²) >= 11 is 0. The van der Waals surface area contributed by atoms with Crippen molar-refractivity contribution in [3.8, 4) is 0 Å². The number of para-hydroxylation sites is 1. The molecule has 1 unspecified atom stereocenters. The molecular weight excluding hydrogens is 288 g/mol. The molecule has 0 spiro atoms. The van der Waals surface area contributed by atoms with E-state index in [1.165, 1.54) is 19.3 Å². The maximum Gasteiger partial charge on any atom is 0.300 e. The molecule has 0 radical (unpaired) electrons. The number of nitrogens with zero attached hydrogens (tertiary/aromatic N) is 1. The largest absolute Gasteiger partial charge is 0.383 e. The highest BCUT2D eigenvalue weighted by atomic mass is 16.6. The highest BCUT2D eigenvalue weighted by Crippen LogP contribution is 2.57. The van der Waals surface area contributed by atoms with Crippen molar-refractivity contribution < 1.29 is 4.74 Å². The van der Waals surface area contributed by atoms with Gasteiger partial charge in [0.15, 0.2) is 0 Å². The van der Waals surface area contributed by atoms with Crippen LogP contribution in [0.5, 0.6) is 0 Å². The van der Waals surface area contributed by atoms with E-state index in [0.29, 0.717) is 5.84 Å². The fourth-order valence-corrected chi connectivity index (χ4v) is 5.81. The smallest absolute Gasteiger partial charge is 0.300 e. The van der Waals surface area contributed by atoms with E-state index in [9.17, 15) is 0 Å². The molecule has 1 aliphatic heterocycles. The summed E-state index contributed by atoms with van der Waals surface area (Å²) in [4.78, 5) is 4.47. The number of ether oxygens (including phenoxy) is 1. The van der Waals surface area contributed by atoms with Crippen molar-refractivity contribution in [3.63, 3.8) is 0 Å². The number of hydrogen-bond donors (Lipinski definition) is 3. The summed E-state index contributed by atoms with van der Waals surface area (Å²) < 4.78 is 6.51. The van der Waals surface area contributed by atoms with E-state index in [4.69, 9.17) is 16.2 Å². The normalized spacial score (nSPS) is 43.7. The van der Waals surface area contributed by atoms with Crippen LogP contribution in [-0.4, -0.2) is 17.4 Å². The van der Waals surface area contributed by atoms with Gasteiger partial charge in [-0.2, -0.15) is 4.99 Å². The molecule has 122 valence electrons. The molecule has 5 aliphatic rings. The van der Waals surface area contributed by atoms with Gasteiger partial charge in [-0.3, -0.25) is 5.73 Å². The van der Waals surface area contributed by atoms with Crippen molar-refractivity contribution in [1.82, 2.24) is 0 Å². The maximum absolute atomic E-state index is 6.51. The molecular formula is C18H24N4O. The van der Waals surface area contributed by atoms with Gasteiger partial charge in [0.05, 0.1) is 5.60 Å². The first-order chi connectivity index (χ1) is 11.0. The lowest BCUT2D eigenvalue weighted by molar-refractivity contribution is -0.213. The molecule has 0 saturated heterocycles. The van der Waals surface area contributed by atoms with E-state index in [2.05, 4.69) is 10.3 Å². The van der Waals surface area contributed by atoms with Crippen molar-refractivity contribution in [2.75, 3.05) is 5.32 Å².